The van der Waals surface area contributed by atoms with Crippen LogP contribution in [-0.2, 0) is 6.42 Å². The van der Waals surface area contributed by atoms with Gasteiger partial charge in [-0.25, -0.2) is 4.79 Å². The second kappa shape index (κ2) is 2.05. The van der Waals surface area contributed by atoms with Crippen LogP contribution in [0.15, 0.2) is 15.5 Å². The first-order chi connectivity index (χ1) is 4.24. The Morgan fingerprint density at radius 2 is 2.56 bits per heavy atom. The highest BCUT2D eigenvalue weighted by molar-refractivity contribution is 5.00. The molecule has 0 unspecified atom stereocenters. The lowest BCUT2D eigenvalue weighted by Crippen LogP contribution is -1.98. The molecule has 9 heavy (non-hydrogen) atoms. The summed E-state index contributed by atoms with van der Waals surface area (Å²) in [6, 6.07) is 0. The molecule has 0 N–H and O–H groups in total. The maximum atomic E-state index is 11.9. The first kappa shape index (κ1) is 6.07. The Hall–Kier alpha value is -1.06. The van der Waals surface area contributed by atoms with Gasteiger partial charge in [0.15, 0.2) is 0 Å². The van der Waals surface area contributed by atoms with Crippen molar-refractivity contribution in [3.05, 3.63) is 22.2 Å². The molecule has 0 aliphatic rings. The molecule has 0 aromatic carbocycles. The molecular formula is C5H6FNO2. The summed E-state index contributed by atoms with van der Waals surface area (Å²) in [5.41, 5.74) is -0.238. The molecule has 0 amide bonds. The molecule has 0 saturated carbocycles. The average molecular weight is 131 g/mol. The SMILES string of the molecule is CCc1cn(F)oc1=O. The molecule has 1 aromatic heterocycles. The molecule has 0 aliphatic heterocycles. The van der Waals surface area contributed by atoms with Crippen LogP contribution in [-0.4, -0.2) is 4.96 Å². The highest BCUT2D eigenvalue weighted by atomic mass is 19.2. The van der Waals surface area contributed by atoms with E-state index in [-0.39, 0.29) is 4.96 Å². The molecular weight excluding hydrogens is 125 g/mol. The minimum atomic E-state index is -0.597. The minimum absolute atomic E-state index is 0.0822. The molecule has 0 spiro atoms. The molecule has 1 heterocycles. The van der Waals surface area contributed by atoms with Crippen LogP contribution < -0.4 is 5.63 Å². The van der Waals surface area contributed by atoms with E-state index in [9.17, 15) is 9.28 Å². The van der Waals surface area contributed by atoms with Gasteiger partial charge in [0.1, 0.15) is 0 Å². The van der Waals surface area contributed by atoms with Crippen LogP contribution in [0.4, 0.5) is 4.48 Å². The lowest BCUT2D eigenvalue weighted by Gasteiger charge is -1.74. The number of aromatic nitrogens is 1. The van der Waals surface area contributed by atoms with Crippen molar-refractivity contribution < 1.29 is 9.00 Å². The van der Waals surface area contributed by atoms with Gasteiger partial charge in [0, 0.05) is 0 Å². The minimum Gasteiger partial charge on any atom is -0.306 e. The van der Waals surface area contributed by atoms with Gasteiger partial charge in [-0.05, 0) is 11.4 Å². The summed E-state index contributed by atoms with van der Waals surface area (Å²) in [6.45, 7) is 1.76. The van der Waals surface area contributed by atoms with Crippen molar-refractivity contribution in [3.63, 3.8) is 0 Å². The number of halogens is 1. The van der Waals surface area contributed by atoms with Crippen LogP contribution in [0.25, 0.3) is 0 Å². The van der Waals surface area contributed by atoms with Gasteiger partial charge >= 0.3 is 5.63 Å². The summed E-state index contributed by atoms with van der Waals surface area (Å²) in [4.78, 5) is 10.4. The molecule has 0 bridgehead atoms. The molecule has 0 fully saturated rings. The van der Waals surface area contributed by atoms with E-state index in [0.29, 0.717) is 12.0 Å². The molecule has 0 saturated heterocycles. The van der Waals surface area contributed by atoms with Crippen LogP contribution in [0.1, 0.15) is 12.5 Å². The fourth-order valence-electron chi connectivity index (χ4n) is 0.575. The highest BCUT2D eigenvalue weighted by Gasteiger charge is 2.01. The van der Waals surface area contributed by atoms with Crippen LogP contribution in [0.5, 0.6) is 0 Å². The van der Waals surface area contributed by atoms with Crippen molar-refractivity contribution in [3.8, 4) is 0 Å². The van der Waals surface area contributed by atoms with E-state index < -0.39 is 5.63 Å². The summed E-state index contributed by atoms with van der Waals surface area (Å²) in [5, 5.41) is 0. The fraction of sp³-hybridized carbons (Fsp3) is 0.400. The van der Waals surface area contributed by atoms with Crippen molar-refractivity contribution in [2.45, 2.75) is 13.3 Å². The van der Waals surface area contributed by atoms with E-state index in [1.54, 1.807) is 6.92 Å². The normalized spacial score (nSPS) is 10.0. The van der Waals surface area contributed by atoms with Gasteiger partial charge in [-0.1, -0.05) is 11.4 Å². The number of rotatable bonds is 1. The summed E-state index contributed by atoms with van der Waals surface area (Å²) in [7, 11) is 0. The Morgan fingerprint density at radius 1 is 1.89 bits per heavy atom. The zero-order valence-electron chi connectivity index (χ0n) is 4.93. The largest absolute Gasteiger partial charge is 0.364 e. The van der Waals surface area contributed by atoms with Crippen molar-refractivity contribution >= 4 is 0 Å². The first-order valence-electron chi connectivity index (χ1n) is 2.62. The standard InChI is InChI=1S/C5H6FNO2/c1-2-4-3-7(6)9-5(4)8/h3H,2H2,1H3. The summed E-state index contributed by atoms with van der Waals surface area (Å²) >= 11 is 0. The lowest BCUT2D eigenvalue weighted by molar-refractivity contribution is 0.105. The van der Waals surface area contributed by atoms with Crippen LogP contribution in [0.2, 0.25) is 0 Å². The van der Waals surface area contributed by atoms with Crippen molar-refractivity contribution in [2.24, 2.45) is 0 Å². The molecule has 0 radical (unpaired) electrons. The zero-order valence-corrected chi connectivity index (χ0v) is 4.93. The highest BCUT2D eigenvalue weighted by Crippen LogP contribution is 1.92. The summed E-state index contributed by atoms with van der Waals surface area (Å²) in [5.74, 6) is 0. The third-order valence-corrected chi connectivity index (χ3v) is 1.07. The van der Waals surface area contributed by atoms with Gasteiger partial charge in [-0.15, -0.1) is 0 Å². The first-order valence-corrected chi connectivity index (χ1v) is 2.62. The Balaban J connectivity index is 3.16. The third-order valence-electron chi connectivity index (χ3n) is 1.07. The maximum Gasteiger partial charge on any atom is 0.364 e. The molecule has 0 atom stereocenters. The fourth-order valence-corrected chi connectivity index (χ4v) is 0.575. The van der Waals surface area contributed by atoms with Crippen molar-refractivity contribution in [2.75, 3.05) is 0 Å². The van der Waals surface area contributed by atoms with E-state index in [2.05, 4.69) is 4.52 Å². The lowest BCUT2D eigenvalue weighted by atomic mass is 10.3. The average Bonchev–Trinajstić information content (AvgIpc) is 2.10. The van der Waals surface area contributed by atoms with E-state index in [0.717, 1.165) is 6.20 Å². The van der Waals surface area contributed by atoms with Gasteiger partial charge in [-0.2, -0.15) is 0 Å². The molecule has 3 nitrogen and oxygen atoms in total. The van der Waals surface area contributed by atoms with Crippen molar-refractivity contribution in [1.82, 2.24) is 4.96 Å². The van der Waals surface area contributed by atoms with Gasteiger partial charge < -0.3 is 4.52 Å². The molecule has 1 aromatic rings. The van der Waals surface area contributed by atoms with Gasteiger partial charge in [0.05, 0.1) is 11.8 Å². The molecule has 50 valence electrons. The Morgan fingerprint density at radius 3 is 2.78 bits per heavy atom. The number of aryl methyl sites for hydroxylation is 1. The van der Waals surface area contributed by atoms with Gasteiger partial charge in [0.2, 0.25) is 0 Å². The Labute approximate surface area is 50.6 Å². The smallest absolute Gasteiger partial charge is 0.306 e. The second-order valence-corrected chi connectivity index (χ2v) is 1.66. The summed E-state index contributed by atoms with van der Waals surface area (Å²) in [6.07, 6.45) is 1.53. The monoisotopic (exact) mass is 131 g/mol. The van der Waals surface area contributed by atoms with Crippen LogP contribution in [0.3, 0.4) is 0 Å². The quantitative estimate of drug-likeness (QED) is 0.563. The predicted molar refractivity (Wildman–Crippen MR) is 28.9 cm³/mol. The van der Waals surface area contributed by atoms with Gasteiger partial charge in [-0.3, -0.25) is 0 Å². The van der Waals surface area contributed by atoms with E-state index in [4.69, 9.17) is 0 Å². The van der Waals surface area contributed by atoms with Crippen LogP contribution >= 0.6 is 0 Å². The second-order valence-electron chi connectivity index (χ2n) is 1.66. The van der Waals surface area contributed by atoms with Gasteiger partial charge in [0.25, 0.3) is 0 Å². The van der Waals surface area contributed by atoms with Crippen molar-refractivity contribution in [1.29, 1.82) is 0 Å². The number of hydrogen-bond donors (Lipinski definition) is 0. The molecule has 4 heteroatoms. The maximum absolute atomic E-state index is 11.9. The zero-order chi connectivity index (χ0) is 6.85. The number of hydrogen-bond acceptors (Lipinski definition) is 2. The summed E-state index contributed by atoms with van der Waals surface area (Å²) < 4.78 is 15.9. The molecule has 1 rings (SSSR count). The Bertz CT molecular complexity index is 250. The Kier molecular flexibility index (Phi) is 1.38. The molecule has 0 aliphatic carbocycles. The topological polar surface area (TPSA) is 35.1 Å². The van der Waals surface area contributed by atoms with E-state index >= 15 is 0 Å². The van der Waals surface area contributed by atoms with Crippen LogP contribution in [0, 0.1) is 0 Å². The predicted octanol–water partition coefficient (Wildman–Crippen LogP) is 0.736. The number of nitrogens with zero attached hydrogens (tertiary/aromatic N) is 1. The van der Waals surface area contributed by atoms with E-state index in [1.165, 1.54) is 0 Å². The third kappa shape index (κ3) is 1.01. The van der Waals surface area contributed by atoms with E-state index in [1.807, 2.05) is 0 Å².